The van der Waals surface area contributed by atoms with Gasteiger partial charge in [0, 0.05) is 24.0 Å². The van der Waals surface area contributed by atoms with E-state index in [1.54, 1.807) is 13.3 Å². The number of hydrogen-bond acceptors (Lipinski definition) is 3. The summed E-state index contributed by atoms with van der Waals surface area (Å²) in [4.78, 5) is 0. The summed E-state index contributed by atoms with van der Waals surface area (Å²) >= 11 is 0. The molecule has 0 bridgehead atoms. The Morgan fingerprint density at radius 2 is 2.00 bits per heavy atom. The standard InChI is InChI=1S/C17H17N3O/c1-21-16-7-2-4-13(10-16)12-18-15-6-3-5-14(11-15)17-8-9-19-20-17/h2-11,18H,12H2,1H3,(H,19,20). The van der Waals surface area contributed by atoms with E-state index in [1.165, 1.54) is 5.56 Å². The van der Waals surface area contributed by atoms with Crippen molar-refractivity contribution in [2.75, 3.05) is 12.4 Å². The van der Waals surface area contributed by atoms with Gasteiger partial charge < -0.3 is 10.1 Å². The Kier molecular flexibility index (Phi) is 3.87. The summed E-state index contributed by atoms with van der Waals surface area (Å²) in [6.45, 7) is 0.754. The van der Waals surface area contributed by atoms with Gasteiger partial charge in [-0.05, 0) is 35.9 Å². The molecule has 0 aliphatic heterocycles. The first-order valence-corrected chi connectivity index (χ1v) is 6.82. The van der Waals surface area contributed by atoms with Crippen molar-refractivity contribution in [1.82, 2.24) is 10.2 Å². The summed E-state index contributed by atoms with van der Waals surface area (Å²) in [5, 5.41) is 10.4. The highest BCUT2D eigenvalue weighted by Gasteiger charge is 2.01. The second kappa shape index (κ2) is 6.13. The van der Waals surface area contributed by atoms with Crippen LogP contribution < -0.4 is 10.1 Å². The lowest BCUT2D eigenvalue weighted by atomic mass is 10.1. The molecule has 0 aliphatic rings. The van der Waals surface area contributed by atoms with Gasteiger partial charge in [-0.25, -0.2) is 0 Å². The van der Waals surface area contributed by atoms with Gasteiger partial charge in [0.1, 0.15) is 5.75 Å². The van der Waals surface area contributed by atoms with Gasteiger partial charge in [-0.15, -0.1) is 0 Å². The molecule has 2 aromatic carbocycles. The SMILES string of the molecule is COc1cccc(CNc2cccc(-c3ccn[nH]3)c2)c1. The van der Waals surface area contributed by atoms with Crippen molar-refractivity contribution >= 4 is 5.69 Å². The van der Waals surface area contributed by atoms with Crippen molar-refractivity contribution in [2.24, 2.45) is 0 Å². The van der Waals surface area contributed by atoms with Crippen LogP contribution in [0.1, 0.15) is 5.56 Å². The van der Waals surface area contributed by atoms with E-state index in [4.69, 9.17) is 4.74 Å². The summed E-state index contributed by atoms with van der Waals surface area (Å²) in [7, 11) is 1.68. The van der Waals surface area contributed by atoms with Crippen LogP contribution in [0, 0.1) is 0 Å². The van der Waals surface area contributed by atoms with Crippen molar-refractivity contribution in [3.05, 3.63) is 66.4 Å². The summed E-state index contributed by atoms with van der Waals surface area (Å²) in [5.41, 5.74) is 4.38. The van der Waals surface area contributed by atoms with Crippen molar-refractivity contribution in [3.63, 3.8) is 0 Å². The van der Waals surface area contributed by atoms with Gasteiger partial charge in [0.05, 0.1) is 12.8 Å². The molecule has 0 fully saturated rings. The van der Waals surface area contributed by atoms with Crippen LogP contribution in [0.25, 0.3) is 11.3 Å². The third-order valence-corrected chi connectivity index (χ3v) is 3.31. The zero-order valence-corrected chi connectivity index (χ0v) is 11.8. The molecule has 106 valence electrons. The maximum atomic E-state index is 5.24. The van der Waals surface area contributed by atoms with Crippen LogP contribution in [0.5, 0.6) is 5.75 Å². The molecule has 0 aliphatic carbocycles. The van der Waals surface area contributed by atoms with Crippen LogP contribution in [0.4, 0.5) is 5.69 Å². The Morgan fingerprint density at radius 3 is 2.81 bits per heavy atom. The first-order valence-electron chi connectivity index (χ1n) is 6.82. The summed E-state index contributed by atoms with van der Waals surface area (Å²) in [6, 6.07) is 18.3. The van der Waals surface area contributed by atoms with Crippen LogP contribution in [0.3, 0.4) is 0 Å². The number of rotatable bonds is 5. The van der Waals surface area contributed by atoms with Gasteiger partial charge in [-0.2, -0.15) is 5.10 Å². The van der Waals surface area contributed by atoms with Crippen molar-refractivity contribution in [3.8, 4) is 17.0 Å². The predicted octanol–water partition coefficient (Wildman–Crippen LogP) is 3.70. The van der Waals surface area contributed by atoms with E-state index in [-0.39, 0.29) is 0 Å². The van der Waals surface area contributed by atoms with Crippen LogP contribution in [-0.4, -0.2) is 17.3 Å². The van der Waals surface area contributed by atoms with Crippen LogP contribution in [-0.2, 0) is 6.54 Å². The second-order valence-corrected chi connectivity index (χ2v) is 4.76. The molecule has 0 radical (unpaired) electrons. The Balaban J connectivity index is 1.72. The zero-order chi connectivity index (χ0) is 14.5. The number of nitrogens with zero attached hydrogens (tertiary/aromatic N) is 1. The van der Waals surface area contributed by atoms with Gasteiger partial charge in [0.2, 0.25) is 0 Å². The molecule has 3 rings (SSSR count). The predicted molar refractivity (Wildman–Crippen MR) is 84.3 cm³/mol. The average molecular weight is 279 g/mol. The number of methoxy groups -OCH3 is 1. The fourth-order valence-corrected chi connectivity index (χ4v) is 2.20. The fraction of sp³-hybridized carbons (Fsp3) is 0.118. The lowest BCUT2D eigenvalue weighted by Crippen LogP contribution is -1.99. The van der Waals surface area contributed by atoms with Crippen molar-refractivity contribution < 1.29 is 4.74 Å². The van der Waals surface area contributed by atoms with Gasteiger partial charge >= 0.3 is 0 Å². The van der Waals surface area contributed by atoms with E-state index in [0.717, 1.165) is 29.2 Å². The number of aromatic amines is 1. The molecule has 0 saturated carbocycles. The molecule has 1 heterocycles. The normalized spacial score (nSPS) is 10.3. The number of anilines is 1. The highest BCUT2D eigenvalue weighted by atomic mass is 16.5. The van der Waals surface area contributed by atoms with E-state index in [1.807, 2.05) is 30.3 Å². The van der Waals surface area contributed by atoms with Crippen LogP contribution >= 0.6 is 0 Å². The van der Waals surface area contributed by atoms with Crippen molar-refractivity contribution in [1.29, 1.82) is 0 Å². The molecule has 0 atom stereocenters. The third-order valence-electron chi connectivity index (χ3n) is 3.31. The molecular weight excluding hydrogens is 262 g/mol. The molecule has 3 aromatic rings. The molecule has 1 aromatic heterocycles. The Morgan fingerprint density at radius 1 is 1.10 bits per heavy atom. The number of aromatic nitrogens is 2. The maximum Gasteiger partial charge on any atom is 0.119 e. The summed E-state index contributed by atoms with van der Waals surface area (Å²) < 4.78 is 5.24. The second-order valence-electron chi connectivity index (χ2n) is 4.76. The molecule has 0 amide bonds. The van der Waals surface area contributed by atoms with Crippen LogP contribution in [0.2, 0.25) is 0 Å². The van der Waals surface area contributed by atoms with E-state index in [9.17, 15) is 0 Å². The Labute approximate surface area is 123 Å². The number of H-pyrrole nitrogens is 1. The number of benzene rings is 2. The largest absolute Gasteiger partial charge is 0.497 e. The smallest absolute Gasteiger partial charge is 0.119 e. The monoisotopic (exact) mass is 279 g/mol. The zero-order valence-electron chi connectivity index (χ0n) is 11.8. The minimum Gasteiger partial charge on any atom is -0.497 e. The number of ether oxygens (including phenoxy) is 1. The molecule has 0 unspecified atom stereocenters. The van der Waals surface area contributed by atoms with Crippen LogP contribution in [0.15, 0.2) is 60.8 Å². The van der Waals surface area contributed by atoms with E-state index < -0.39 is 0 Å². The average Bonchev–Trinajstić information content (AvgIpc) is 3.08. The molecule has 0 spiro atoms. The third kappa shape index (κ3) is 3.23. The lowest BCUT2D eigenvalue weighted by molar-refractivity contribution is 0.414. The minimum absolute atomic E-state index is 0.754. The maximum absolute atomic E-state index is 5.24. The number of nitrogens with one attached hydrogen (secondary N) is 2. The fourth-order valence-electron chi connectivity index (χ4n) is 2.20. The van der Waals surface area contributed by atoms with Gasteiger partial charge in [-0.1, -0.05) is 24.3 Å². The van der Waals surface area contributed by atoms with E-state index in [2.05, 4.69) is 39.8 Å². The lowest BCUT2D eigenvalue weighted by Gasteiger charge is -2.09. The Hall–Kier alpha value is -2.75. The highest BCUT2D eigenvalue weighted by Crippen LogP contribution is 2.21. The first-order chi connectivity index (χ1) is 10.3. The highest BCUT2D eigenvalue weighted by molar-refractivity contribution is 5.64. The summed E-state index contributed by atoms with van der Waals surface area (Å²) in [5.74, 6) is 0.875. The van der Waals surface area contributed by atoms with E-state index >= 15 is 0 Å². The number of hydrogen-bond donors (Lipinski definition) is 2. The molecule has 4 nitrogen and oxygen atoms in total. The van der Waals surface area contributed by atoms with Gasteiger partial charge in [-0.3, -0.25) is 5.10 Å². The molecule has 2 N–H and O–H groups in total. The van der Waals surface area contributed by atoms with Crippen molar-refractivity contribution in [2.45, 2.75) is 6.54 Å². The molecule has 21 heavy (non-hydrogen) atoms. The molecule has 0 saturated heterocycles. The quantitative estimate of drug-likeness (QED) is 0.748. The minimum atomic E-state index is 0.754. The van der Waals surface area contributed by atoms with Gasteiger partial charge in [0.25, 0.3) is 0 Å². The first kappa shape index (κ1) is 13.2. The van der Waals surface area contributed by atoms with Gasteiger partial charge in [0.15, 0.2) is 0 Å². The summed E-state index contributed by atoms with van der Waals surface area (Å²) in [6.07, 6.45) is 1.76. The van der Waals surface area contributed by atoms with E-state index in [0.29, 0.717) is 0 Å². The molecule has 4 heteroatoms. The topological polar surface area (TPSA) is 49.9 Å². The Bertz CT molecular complexity index is 708. The molecular formula is C17H17N3O.